The average molecular weight is 300 g/mol. The number of imidazole rings is 1. The van der Waals surface area contributed by atoms with Crippen molar-refractivity contribution in [2.75, 3.05) is 11.4 Å². The van der Waals surface area contributed by atoms with Gasteiger partial charge in [0.2, 0.25) is 0 Å². The van der Waals surface area contributed by atoms with Crippen molar-refractivity contribution >= 4 is 11.6 Å². The third kappa shape index (κ3) is 2.45. The second kappa shape index (κ2) is 5.12. The third-order valence-corrected chi connectivity index (χ3v) is 3.88. The molecular weight excluding hydrogens is 280 g/mol. The number of fused-ring (bicyclic) bond motifs is 1. The van der Waals surface area contributed by atoms with Crippen LogP contribution >= 0.6 is 0 Å². The van der Waals surface area contributed by atoms with Crippen molar-refractivity contribution in [3.05, 3.63) is 45.9 Å². The summed E-state index contributed by atoms with van der Waals surface area (Å²) in [6, 6.07) is 1.86. The number of carbonyl (C=O) groups is 1. The number of nitrogens with one attached hydrogen (secondary N) is 2. The third-order valence-electron chi connectivity index (χ3n) is 3.88. The number of hydrogen-bond donors (Lipinski definition) is 2. The van der Waals surface area contributed by atoms with Gasteiger partial charge in [0.05, 0.1) is 6.20 Å². The van der Waals surface area contributed by atoms with E-state index >= 15 is 0 Å². The van der Waals surface area contributed by atoms with Gasteiger partial charge < -0.3 is 14.9 Å². The first-order valence-electron chi connectivity index (χ1n) is 7.46. The Kier molecular flexibility index (Phi) is 3.39. The zero-order valence-corrected chi connectivity index (χ0v) is 13.1. The van der Waals surface area contributed by atoms with E-state index in [0.29, 0.717) is 17.9 Å². The Morgan fingerprint density at radius 1 is 1.36 bits per heavy atom. The lowest BCUT2D eigenvalue weighted by molar-refractivity contribution is 0.0980. The number of hydrogen-bond acceptors (Lipinski definition) is 3. The number of H-pyrrole nitrogens is 2. The number of aromatic nitrogens is 3. The van der Waals surface area contributed by atoms with E-state index in [4.69, 9.17) is 0 Å². The van der Waals surface area contributed by atoms with Gasteiger partial charge in [-0.25, -0.2) is 4.98 Å². The predicted molar refractivity (Wildman–Crippen MR) is 84.3 cm³/mol. The van der Waals surface area contributed by atoms with E-state index in [2.05, 4.69) is 15.0 Å². The molecule has 0 fully saturated rings. The fraction of sp³-hybridized carbons (Fsp3) is 0.438. The molecule has 0 saturated heterocycles. The van der Waals surface area contributed by atoms with Gasteiger partial charge in [-0.1, -0.05) is 20.8 Å². The molecule has 3 heterocycles. The molecule has 0 atom stereocenters. The van der Waals surface area contributed by atoms with Crippen LogP contribution in [0.2, 0.25) is 0 Å². The van der Waals surface area contributed by atoms with Crippen LogP contribution in [0.4, 0.5) is 5.69 Å². The minimum absolute atomic E-state index is 0.157. The molecule has 3 rings (SSSR count). The molecule has 116 valence electrons. The largest absolute Gasteiger partial charge is 0.338 e. The Balaban J connectivity index is 1.98. The summed E-state index contributed by atoms with van der Waals surface area (Å²) in [7, 11) is 0. The van der Waals surface area contributed by atoms with Gasteiger partial charge in [0, 0.05) is 18.2 Å². The SMILES string of the molecule is CC(C)(C)c1ncc(C(=O)N2CCCc3cc[nH]c(=O)c32)[nH]1. The summed E-state index contributed by atoms with van der Waals surface area (Å²) in [6.45, 7) is 6.63. The summed E-state index contributed by atoms with van der Waals surface area (Å²) in [5.74, 6) is 0.552. The van der Waals surface area contributed by atoms with Crippen molar-refractivity contribution in [3.8, 4) is 0 Å². The smallest absolute Gasteiger partial charge is 0.276 e. The standard InChI is InChI=1S/C16H20N4O2/c1-16(2,3)15-18-9-11(19-15)14(22)20-8-4-5-10-6-7-17-13(21)12(10)20/h6-7,9H,4-5,8H2,1-3H3,(H,17,21)(H,18,19). The van der Waals surface area contributed by atoms with Crippen LogP contribution < -0.4 is 10.5 Å². The molecular formula is C16H20N4O2. The van der Waals surface area contributed by atoms with Gasteiger partial charge in [0.15, 0.2) is 0 Å². The predicted octanol–water partition coefficient (Wildman–Crippen LogP) is 1.99. The van der Waals surface area contributed by atoms with Crippen LogP contribution in [0.25, 0.3) is 0 Å². The second-order valence-corrected chi connectivity index (χ2v) is 6.64. The minimum Gasteiger partial charge on any atom is -0.338 e. The molecule has 2 aromatic rings. The van der Waals surface area contributed by atoms with Crippen LogP contribution in [0.5, 0.6) is 0 Å². The van der Waals surface area contributed by atoms with Crippen molar-refractivity contribution in [1.29, 1.82) is 0 Å². The summed E-state index contributed by atoms with van der Waals surface area (Å²) < 4.78 is 0. The monoisotopic (exact) mass is 300 g/mol. The van der Waals surface area contributed by atoms with Crippen molar-refractivity contribution in [2.24, 2.45) is 0 Å². The molecule has 0 radical (unpaired) electrons. The number of anilines is 1. The lowest BCUT2D eigenvalue weighted by atomic mass is 9.96. The van der Waals surface area contributed by atoms with Crippen LogP contribution in [-0.2, 0) is 11.8 Å². The molecule has 6 nitrogen and oxygen atoms in total. The van der Waals surface area contributed by atoms with E-state index in [1.165, 1.54) is 0 Å². The number of aryl methyl sites for hydroxylation is 1. The van der Waals surface area contributed by atoms with Crippen LogP contribution in [-0.4, -0.2) is 27.4 Å². The number of pyridine rings is 1. The van der Waals surface area contributed by atoms with Gasteiger partial charge in [-0.15, -0.1) is 0 Å². The maximum atomic E-state index is 12.8. The average Bonchev–Trinajstić information content (AvgIpc) is 2.96. The van der Waals surface area contributed by atoms with Crippen molar-refractivity contribution in [1.82, 2.24) is 15.0 Å². The molecule has 0 aliphatic carbocycles. The quantitative estimate of drug-likeness (QED) is 0.845. The Labute approximate surface area is 128 Å². The second-order valence-electron chi connectivity index (χ2n) is 6.64. The first kappa shape index (κ1) is 14.6. The van der Waals surface area contributed by atoms with Gasteiger partial charge >= 0.3 is 0 Å². The highest BCUT2D eigenvalue weighted by Crippen LogP contribution is 2.25. The summed E-state index contributed by atoms with van der Waals surface area (Å²) >= 11 is 0. The molecule has 2 N–H and O–H groups in total. The molecule has 0 aromatic carbocycles. The van der Waals surface area contributed by atoms with Gasteiger partial charge in [0.1, 0.15) is 17.2 Å². The fourth-order valence-corrected chi connectivity index (χ4v) is 2.71. The summed E-state index contributed by atoms with van der Waals surface area (Å²) in [6.07, 6.45) is 4.85. The number of amides is 1. The number of rotatable bonds is 1. The summed E-state index contributed by atoms with van der Waals surface area (Å²) in [5, 5.41) is 0. The van der Waals surface area contributed by atoms with E-state index in [1.54, 1.807) is 17.3 Å². The maximum absolute atomic E-state index is 12.8. The van der Waals surface area contributed by atoms with E-state index in [9.17, 15) is 9.59 Å². The normalized spacial score (nSPS) is 14.8. The number of carbonyl (C=O) groups excluding carboxylic acids is 1. The molecule has 1 aliphatic heterocycles. The molecule has 6 heteroatoms. The molecule has 0 saturated carbocycles. The first-order valence-corrected chi connectivity index (χ1v) is 7.46. The molecule has 0 spiro atoms. The molecule has 2 aromatic heterocycles. The highest BCUT2D eigenvalue weighted by Gasteiger charge is 2.28. The van der Waals surface area contributed by atoms with Crippen LogP contribution in [0.1, 0.15) is 49.1 Å². The van der Waals surface area contributed by atoms with Crippen LogP contribution in [0.3, 0.4) is 0 Å². The molecule has 1 amide bonds. The van der Waals surface area contributed by atoms with Crippen LogP contribution in [0.15, 0.2) is 23.3 Å². The molecule has 0 unspecified atom stereocenters. The van der Waals surface area contributed by atoms with E-state index < -0.39 is 0 Å². The topological polar surface area (TPSA) is 81.8 Å². The first-order chi connectivity index (χ1) is 10.4. The van der Waals surface area contributed by atoms with Crippen molar-refractivity contribution < 1.29 is 4.79 Å². The highest BCUT2D eigenvalue weighted by molar-refractivity contribution is 6.05. The summed E-state index contributed by atoms with van der Waals surface area (Å²) in [4.78, 5) is 36.4. The number of aromatic amines is 2. The fourth-order valence-electron chi connectivity index (χ4n) is 2.71. The van der Waals surface area contributed by atoms with Crippen molar-refractivity contribution in [3.63, 3.8) is 0 Å². The zero-order valence-electron chi connectivity index (χ0n) is 13.1. The van der Waals surface area contributed by atoms with E-state index in [-0.39, 0.29) is 16.9 Å². The zero-order chi connectivity index (χ0) is 15.9. The van der Waals surface area contributed by atoms with Gasteiger partial charge in [-0.2, -0.15) is 0 Å². The Hall–Kier alpha value is -2.37. The maximum Gasteiger partial charge on any atom is 0.276 e. The lowest BCUT2D eigenvalue weighted by Crippen LogP contribution is -2.39. The number of nitrogens with zero attached hydrogens (tertiary/aromatic N) is 2. The van der Waals surface area contributed by atoms with Crippen LogP contribution in [0, 0.1) is 0 Å². The van der Waals surface area contributed by atoms with Gasteiger partial charge in [0.25, 0.3) is 11.5 Å². The van der Waals surface area contributed by atoms with E-state index in [1.807, 2.05) is 26.8 Å². The highest BCUT2D eigenvalue weighted by atomic mass is 16.2. The Morgan fingerprint density at radius 3 is 2.82 bits per heavy atom. The minimum atomic E-state index is -0.221. The van der Waals surface area contributed by atoms with Crippen molar-refractivity contribution in [2.45, 2.75) is 39.0 Å². The molecule has 1 aliphatic rings. The Morgan fingerprint density at radius 2 is 2.14 bits per heavy atom. The molecule has 0 bridgehead atoms. The Bertz CT molecular complexity index is 767. The lowest BCUT2D eigenvalue weighted by Gasteiger charge is -2.27. The van der Waals surface area contributed by atoms with Gasteiger partial charge in [-0.3, -0.25) is 9.59 Å². The van der Waals surface area contributed by atoms with E-state index in [0.717, 1.165) is 24.2 Å². The summed E-state index contributed by atoms with van der Waals surface area (Å²) in [5.41, 5.74) is 1.42. The van der Waals surface area contributed by atoms with Gasteiger partial charge in [-0.05, 0) is 24.5 Å². The molecule has 22 heavy (non-hydrogen) atoms.